The Kier molecular flexibility index (Phi) is 4.78. The minimum atomic E-state index is -0.270. The Morgan fingerprint density at radius 1 is 1.54 bits per heavy atom. The standard InChI is InChI=1S/C9H17NO3/c10-8(11)4-3-7-13-9-5-1-2-6-12-9/h9H,1-7H2,(H2,10,11). The van der Waals surface area contributed by atoms with Crippen molar-refractivity contribution in [2.45, 2.75) is 38.4 Å². The van der Waals surface area contributed by atoms with Gasteiger partial charge in [0.15, 0.2) is 6.29 Å². The van der Waals surface area contributed by atoms with Crippen LogP contribution in [0.15, 0.2) is 0 Å². The van der Waals surface area contributed by atoms with E-state index in [1.54, 1.807) is 0 Å². The van der Waals surface area contributed by atoms with Crippen LogP contribution in [-0.4, -0.2) is 25.4 Å². The third kappa shape index (κ3) is 4.85. The normalized spacial score (nSPS) is 22.9. The second-order valence-corrected chi connectivity index (χ2v) is 3.24. The van der Waals surface area contributed by atoms with Gasteiger partial charge in [0.25, 0.3) is 0 Å². The van der Waals surface area contributed by atoms with Crippen molar-refractivity contribution in [2.24, 2.45) is 5.73 Å². The number of carbonyl (C=O) groups excluding carboxylic acids is 1. The summed E-state index contributed by atoms with van der Waals surface area (Å²) in [6.07, 6.45) is 4.29. The molecule has 1 aliphatic rings. The van der Waals surface area contributed by atoms with Gasteiger partial charge in [-0.3, -0.25) is 4.79 Å². The van der Waals surface area contributed by atoms with Crippen LogP contribution in [0.25, 0.3) is 0 Å². The highest BCUT2D eigenvalue weighted by Crippen LogP contribution is 2.13. The topological polar surface area (TPSA) is 61.6 Å². The summed E-state index contributed by atoms with van der Waals surface area (Å²) in [6.45, 7) is 1.36. The zero-order chi connectivity index (χ0) is 9.52. The molecule has 76 valence electrons. The Bertz CT molecular complexity index is 155. The maximum absolute atomic E-state index is 10.4. The van der Waals surface area contributed by atoms with E-state index in [9.17, 15) is 4.79 Å². The molecule has 1 amide bonds. The van der Waals surface area contributed by atoms with Crippen LogP contribution in [0.3, 0.4) is 0 Å². The van der Waals surface area contributed by atoms with Gasteiger partial charge < -0.3 is 15.2 Å². The van der Waals surface area contributed by atoms with Crippen molar-refractivity contribution in [3.63, 3.8) is 0 Å². The second-order valence-electron chi connectivity index (χ2n) is 3.24. The molecule has 2 N–H and O–H groups in total. The van der Waals surface area contributed by atoms with E-state index in [1.807, 2.05) is 0 Å². The number of amides is 1. The summed E-state index contributed by atoms with van der Waals surface area (Å²) in [5.41, 5.74) is 4.99. The van der Waals surface area contributed by atoms with Crippen LogP contribution < -0.4 is 5.73 Å². The minimum Gasteiger partial charge on any atom is -0.370 e. The summed E-state index contributed by atoms with van der Waals surface area (Å²) in [5, 5.41) is 0. The van der Waals surface area contributed by atoms with Gasteiger partial charge in [-0.05, 0) is 25.7 Å². The van der Waals surface area contributed by atoms with Crippen LogP contribution in [0.1, 0.15) is 32.1 Å². The second kappa shape index (κ2) is 5.94. The lowest BCUT2D eigenvalue weighted by Gasteiger charge is -2.22. The highest BCUT2D eigenvalue weighted by molar-refractivity contribution is 5.73. The predicted molar refractivity (Wildman–Crippen MR) is 48.0 cm³/mol. The van der Waals surface area contributed by atoms with E-state index in [4.69, 9.17) is 15.2 Å². The molecule has 1 unspecified atom stereocenters. The Morgan fingerprint density at radius 2 is 2.38 bits per heavy atom. The third-order valence-corrected chi connectivity index (χ3v) is 2.01. The maximum Gasteiger partial charge on any atom is 0.217 e. The van der Waals surface area contributed by atoms with Crippen molar-refractivity contribution in [3.05, 3.63) is 0 Å². The van der Waals surface area contributed by atoms with E-state index >= 15 is 0 Å². The van der Waals surface area contributed by atoms with Crippen LogP contribution in [0, 0.1) is 0 Å². The molecule has 1 atom stereocenters. The molecule has 0 radical (unpaired) electrons. The average Bonchev–Trinajstić information content (AvgIpc) is 2.14. The summed E-state index contributed by atoms with van der Waals surface area (Å²) in [4.78, 5) is 10.4. The lowest BCUT2D eigenvalue weighted by Crippen LogP contribution is -2.23. The number of hydrogen-bond donors (Lipinski definition) is 1. The van der Waals surface area contributed by atoms with Gasteiger partial charge in [-0.15, -0.1) is 0 Å². The Hall–Kier alpha value is -0.610. The van der Waals surface area contributed by atoms with E-state index in [2.05, 4.69) is 0 Å². The van der Waals surface area contributed by atoms with Gasteiger partial charge in [0.2, 0.25) is 5.91 Å². The van der Waals surface area contributed by atoms with Crippen molar-refractivity contribution >= 4 is 5.91 Å². The number of hydrogen-bond acceptors (Lipinski definition) is 3. The SMILES string of the molecule is NC(=O)CCCOC1CCCCO1. The fourth-order valence-electron chi connectivity index (χ4n) is 1.30. The smallest absolute Gasteiger partial charge is 0.217 e. The van der Waals surface area contributed by atoms with Crippen LogP contribution in [0.4, 0.5) is 0 Å². The zero-order valence-corrected chi connectivity index (χ0v) is 7.83. The first-order valence-electron chi connectivity index (χ1n) is 4.80. The summed E-state index contributed by atoms with van der Waals surface area (Å²) in [6, 6.07) is 0. The van der Waals surface area contributed by atoms with Gasteiger partial charge in [0.1, 0.15) is 0 Å². The molecule has 1 aliphatic heterocycles. The molecule has 4 nitrogen and oxygen atoms in total. The highest BCUT2D eigenvalue weighted by Gasteiger charge is 2.13. The molecule has 0 aromatic rings. The summed E-state index contributed by atoms with van der Waals surface area (Å²) >= 11 is 0. The largest absolute Gasteiger partial charge is 0.370 e. The molecular formula is C9H17NO3. The lowest BCUT2D eigenvalue weighted by atomic mass is 10.2. The monoisotopic (exact) mass is 187 g/mol. The molecule has 1 saturated heterocycles. The average molecular weight is 187 g/mol. The number of rotatable bonds is 5. The highest BCUT2D eigenvalue weighted by atomic mass is 16.7. The molecule has 0 spiro atoms. The molecule has 13 heavy (non-hydrogen) atoms. The van der Waals surface area contributed by atoms with E-state index < -0.39 is 0 Å². The summed E-state index contributed by atoms with van der Waals surface area (Å²) in [5.74, 6) is -0.270. The first kappa shape index (κ1) is 10.5. The van der Waals surface area contributed by atoms with Gasteiger partial charge >= 0.3 is 0 Å². The fraction of sp³-hybridized carbons (Fsp3) is 0.889. The minimum absolute atomic E-state index is 0.0540. The molecule has 1 rings (SSSR count). The van der Waals surface area contributed by atoms with Gasteiger partial charge in [-0.25, -0.2) is 0 Å². The molecule has 0 aromatic carbocycles. The first-order valence-corrected chi connectivity index (χ1v) is 4.80. The molecule has 0 bridgehead atoms. The van der Waals surface area contributed by atoms with Crippen LogP contribution in [0.5, 0.6) is 0 Å². The van der Waals surface area contributed by atoms with E-state index in [0.29, 0.717) is 19.4 Å². The number of primary amides is 1. The number of nitrogens with two attached hydrogens (primary N) is 1. The van der Waals surface area contributed by atoms with Crippen LogP contribution in [-0.2, 0) is 14.3 Å². The van der Waals surface area contributed by atoms with Gasteiger partial charge in [0.05, 0.1) is 6.61 Å². The lowest BCUT2D eigenvalue weighted by molar-refractivity contribution is -0.163. The molecule has 0 aliphatic carbocycles. The van der Waals surface area contributed by atoms with Crippen LogP contribution >= 0.6 is 0 Å². The zero-order valence-electron chi connectivity index (χ0n) is 7.83. The Morgan fingerprint density at radius 3 is 3.00 bits per heavy atom. The van der Waals surface area contributed by atoms with Gasteiger partial charge in [-0.1, -0.05) is 0 Å². The fourth-order valence-corrected chi connectivity index (χ4v) is 1.30. The molecule has 0 aromatic heterocycles. The Labute approximate surface area is 78.4 Å². The quantitative estimate of drug-likeness (QED) is 0.647. The van der Waals surface area contributed by atoms with Crippen molar-refractivity contribution in [1.82, 2.24) is 0 Å². The summed E-state index contributed by atoms with van der Waals surface area (Å²) in [7, 11) is 0. The van der Waals surface area contributed by atoms with Gasteiger partial charge in [0, 0.05) is 13.0 Å². The predicted octanol–water partition coefficient (Wildman–Crippen LogP) is 0.795. The van der Waals surface area contributed by atoms with Crippen molar-refractivity contribution < 1.29 is 14.3 Å². The molecule has 1 heterocycles. The maximum atomic E-state index is 10.4. The number of ether oxygens (including phenoxy) is 2. The molecular weight excluding hydrogens is 170 g/mol. The van der Waals surface area contributed by atoms with Crippen LogP contribution in [0.2, 0.25) is 0 Å². The molecule has 0 saturated carbocycles. The van der Waals surface area contributed by atoms with Crippen molar-refractivity contribution in [1.29, 1.82) is 0 Å². The first-order chi connectivity index (χ1) is 6.29. The number of carbonyl (C=O) groups is 1. The van der Waals surface area contributed by atoms with E-state index in [0.717, 1.165) is 19.4 Å². The molecule has 4 heteroatoms. The third-order valence-electron chi connectivity index (χ3n) is 2.01. The Balaban J connectivity index is 1.95. The van der Waals surface area contributed by atoms with E-state index in [-0.39, 0.29) is 12.2 Å². The molecule has 1 fully saturated rings. The van der Waals surface area contributed by atoms with Gasteiger partial charge in [-0.2, -0.15) is 0 Å². The summed E-state index contributed by atoms with van der Waals surface area (Å²) < 4.78 is 10.7. The van der Waals surface area contributed by atoms with Crippen molar-refractivity contribution in [3.8, 4) is 0 Å². The van der Waals surface area contributed by atoms with E-state index in [1.165, 1.54) is 6.42 Å². The van der Waals surface area contributed by atoms with Crippen molar-refractivity contribution in [2.75, 3.05) is 13.2 Å².